The molecule has 0 heterocycles. The molecule has 0 aromatic rings. The molecule has 126 valence electrons. The second kappa shape index (κ2) is 13.4. The van der Waals surface area contributed by atoms with Gasteiger partial charge in [0.1, 0.15) is 5.54 Å². The molecule has 0 spiro atoms. The highest BCUT2D eigenvalue weighted by Gasteiger charge is 2.29. The lowest BCUT2D eigenvalue weighted by molar-refractivity contribution is -0.124. The van der Waals surface area contributed by atoms with E-state index in [1.165, 1.54) is 38.5 Å². The minimum absolute atomic E-state index is 0.248. The number of carbonyl (C=O) groups excluding carboxylic acids is 1. The highest BCUT2D eigenvalue weighted by Crippen LogP contribution is 2.11. The second-order valence-corrected chi connectivity index (χ2v) is 6.66. The molecule has 5 nitrogen and oxygen atoms in total. The average Bonchev–Trinajstić information content (AvgIpc) is 2.51. The van der Waals surface area contributed by atoms with Gasteiger partial charge >= 0.3 is 0 Å². The first-order chi connectivity index (χ1) is 10.1. The van der Waals surface area contributed by atoms with Gasteiger partial charge in [-0.1, -0.05) is 39.0 Å². The van der Waals surface area contributed by atoms with Gasteiger partial charge < -0.3 is 20.6 Å². The third-order valence-corrected chi connectivity index (χ3v) is 4.50. The minimum atomic E-state index is -1.30. The van der Waals surface area contributed by atoms with Gasteiger partial charge in [-0.25, -0.2) is 0 Å². The Kier molecular flexibility index (Phi) is 13.2. The minimum Gasteiger partial charge on any atom is -0.394 e. The lowest BCUT2D eigenvalue weighted by Crippen LogP contribution is -2.57. The Balaban J connectivity index is 3.58. The van der Waals surface area contributed by atoms with Crippen molar-refractivity contribution in [2.24, 2.45) is 0 Å². The first-order valence-corrected chi connectivity index (χ1v) is 9.01. The van der Waals surface area contributed by atoms with Crippen molar-refractivity contribution in [3.8, 4) is 0 Å². The summed E-state index contributed by atoms with van der Waals surface area (Å²) in [6.45, 7) is 0.782. The van der Waals surface area contributed by atoms with Crippen molar-refractivity contribution in [3.05, 3.63) is 0 Å². The normalized spacial score (nSPS) is 11.6. The lowest BCUT2D eigenvalue weighted by Gasteiger charge is -2.28. The van der Waals surface area contributed by atoms with E-state index < -0.39 is 25.4 Å². The van der Waals surface area contributed by atoms with Crippen molar-refractivity contribution >= 4 is 17.7 Å². The third kappa shape index (κ3) is 10.1. The standard InChI is InChI=1S/C15H31NO4S/c1-2-3-4-5-6-7-9-21-10-8-14(20)16-15(11-17,12-18)13-19/h17-19H,2-13H2,1H3,(H,16,20). The van der Waals surface area contributed by atoms with Crippen LogP contribution < -0.4 is 5.32 Å². The van der Waals surface area contributed by atoms with E-state index >= 15 is 0 Å². The molecule has 0 bridgehead atoms. The Morgan fingerprint density at radius 1 is 0.952 bits per heavy atom. The quantitative estimate of drug-likeness (QED) is 0.362. The van der Waals surface area contributed by atoms with Gasteiger partial charge in [-0.2, -0.15) is 11.8 Å². The van der Waals surface area contributed by atoms with Crippen LogP contribution >= 0.6 is 11.8 Å². The summed E-state index contributed by atoms with van der Waals surface area (Å²) in [7, 11) is 0. The van der Waals surface area contributed by atoms with Gasteiger partial charge in [0.15, 0.2) is 0 Å². The summed E-state index contributed by atoms with van der Waals surface area (Å²) in [6.07, 6.45) is 7.96. The van der Waals surface area contributed by atoms with Crippen LogP contribution in [0.1, 0.15) is 51.9 Å². The van der Waals surface area contributed by atoms with Gasteiger partial charge in [0, 0.05) is 12.2 Å². The highest BCUT2D eigenvalue weighted by atomic mass is 32.2. The van der Waals surface area contributed by atoms with Crippen LogP contribution in [0.4, 0.5) is 0 Å². The maximum atomic E-state index is 11.7. The van der Waals surface area contributed by atoms with Crippen molar-refractivity contribution in [1.29, 1.82) is 0 Å². The number of rotatable bonds is 14. The fraction of sp³-hybridized carbons (Fsp3) is 0.933. The Bertz CT molecular complexity index is 252. The van der Waals surface area contributed by atoms with Gasteiger partial charge in [0.2, 0.25) is 5.91 Å². The summed E-state index contributed by atoms with van der Waals surface area (Å²) in [5.41, 5.74) is -1.30. The number of carbonyl (C=O) groups is 1. The average molecular weight is 321 g/mol. The van der Waals surface area contributed by atoms with Crippen molar-refractivity contribution in [2.45, 2.75) is 57.4 Å². The fourth-order valence-electron chi connectivity index (χ4n) is 1.88. The summed E-state index contributed by atoms with van der Waals surface area (Å²) in [6, 6.07) is 0. The van der Waals surface area contributed by atoms with Crippen LogP contribution in [0.15, 0.2) is 0 Å². The van der Waals surface area contributed by atoms with Gasteiger partial charge in [-0.15, -0.1) is 0 Å². The first kappa shape index (κ1) is 20.7. The summed E-state index contributed by atoms with van der Waals surface area (Å²) >= 11 is 1.75. The largest absolute Gasteiger partial charge is 0.394 e. The zero-order chi connectivity index (χ0) is 16.0. The van der Waals surface area contributed by atoms with Crippen LogP contribution in [0.2, 0.25) is 0 Å². The topological polar surface area (TPSA) is 89.8 Å². The van der Waals surface area contributed by atoms with E-state index in [4.69, 9.17) is 15.3 Å². The maximum Gasteiger partial charge on any atom is 0.221 e. The molecule has 6 heteroatoms. The molecule has 0 saturated carbocycles. The summed E-state index contributed by atoms with van der Waals surface area (Å²) in [4.78, 5) is 11.7. The molecule has 0 atom stereocenters. The van der Waals surface area contributed by atoms with E-state index in [-0.39, 0.29) is 5.91 Å². The van der Waals surface area contributed by atoms with Crippen LogP contribution in [-0.2, 0) is 4.79 Å². The maximum absolute atomic E-state index is 11.7. The zero-order valence-electron chi connectivity index (χ0n) is 13.1. The van der Waals surface area contributed by atoms with Crippen molar-refractivity contribution in [3.63, 3.8) is 0 Å². The number of hydrogen-bond donors (Lipinski definition) is 4. The molecule has 0 unspecified atom stereocenters. The van der Waals surface area contributed by atoms with Crippen LogP contribution in [0.5, 0.6) is 0 Å². The Morgan fingerprint density at radius 3 is 2.10 bits per heavy atom. The number of unbranched alkanes of at least 4 members (excludes halogenated alkanes) is 5. The second-order valence-electron chi connectivity index (χ2n) is 5.43. The Morgan fingerprint density at radius 2 is 1.52 bits per heavy atom. The molecule has 0 radical (unpaired) electrons. The van der Waals surface area contributed by atoms with E-state index in [2.05, 4.69) is 12.2 Å². The van der Waals surface area contributed by atoms with Crippen molar-refractivity contribution in [1.82, 2.24) is 5.32 Å². The number of nitrogens with one attached hydrogen (secondary N) is 1. The number of hydrogen-bond acceptors (Lipinski definition) is 5. The Hall–Kier alpha value is -0.300. The molecule has 0 saturated heterocycles. The van der Waals surface area contributed by atoms with Crippen LogP contribution in [0, 0.1) is 0 Å². The molecule has 0 aliphatic rings. The monoisotopic (exact) mass is 321 g/mol. The molecule has 0 rings (SSSR count). The summed E-state index contributed by atoms with van der Waals surface area (Å²) in [5, 5.41) is 29.8. The predicted octanol–water partition coefficient (Wildman–Crippen LogP) is 1.30. The van der Waals surface area contributed by atoms with E-state index in [1.807, 2.05) is 0 Å². The molecule has 0 aliphatic carbocycles. The van der Waals surface area contributed by atoms with Gasteiger partial charge in [-0.3, -0.25) is 4.79 Å². The molecular weight excluding hydrogens is 290 g/mol. The van der Waals surface area contributed by atoms with Crippen molar-refractivity contribution in [2.75, 3.05) is 31.3 Å². The van der Waals surface area contributed by atoms with Crippen LogP contribution in [-0.4, -0.2) is 58.1 Å². The van der Waals surface area contributed by atoms with Crippen molar-refractivity contribution < 1.29 is 20.1 Å². The van der Waals surface area contributed by atoms with Crippen LogP contribution in [0.3, 0.4) is 0 Å². The molecular formula is C15H31NO4S. The molecule has 21 heavy (non-hydrogen) atoms. The molecule has 1 amide bonds. The fourth-order valence-corrected chi connectivity index (χ4v) is 2.82. The van der Waals surface area contributed by atoms with Gasteiger partial charge in [-0.05, 0) is 12.2 Å². The summed E-state index contributed by atoms with van der Waals surface area (Å²) < 4.78 is 0. The van der Waals surface area contributed by atoms with Gasteiger partial charge in [0.25, 0.3) is 0 Å². The number of thioether (sulfide) groups is 1. The van der Waals surface area contributed by atoms with Crippen LogP contribution in [0.25, 0.3) is 0 Å². The molecule has 0 aliphatic heterocycles. The predicted molar refractivity (Wildman–Crippen MR) is 87.4 cm³/mol. The van der Waals surface area contributed by atoms with Gasteiger partial charge in [0.05, 0.1) is 19.8 Å². The van der Waals surface area contributed by atoms with E-state index in [0.29, 0.717) is 6.42 Å². The lowest BCUT2D eigenvalue weighted by atomic mass is 10.0. The molecule has 0 aromatic heterocycles. The third-order valence-electron chi connectivity index (χ3n) is 3.43. The highest BCUT2D eigenvalue weighted by molar-refractivity contribution is 7.99. The number of aliphatic hydroxyl groups is 3. The number of aliphatic hydroxyl groups excluding tert-OH is 3. The SMILES string of the molecule is CCCCCCCCSCCC(=O)NC(CO)(CO)CO. The molecule has 4 N–H and O–H groups in total. The first-order valence-electron chi connectivity index (χ1n) is 7.85. The van der Waals surface area contributed by atoms with E-state index in [1.54, 1.807) is 11.8 Å². The smallest absolute Gasteiger partial charge is 0.221 e. The zero-order valence-corrected chi connectivity index (χ0v) is 14.0. The molecule has 0 fully saturated rings. The Labute approximate surface area is 132 Å². The van der Waals surface area contributed by atoms with E-state index in [0.717, 1.165) is 11.5 Å². The molecule has 0 aromatic carbocycles. The number of amides is 1. The summed E-state index contributed by atoms with van der Waals surface area (Å²) in [5.74, 6) is 1.53. The van der Waals surface area contributed by atoms with E-state index in [9.17, 15) is 4.79 Å².